The summed E-state index contributed by atoms with van der Waals surface area (Å²) in [4.78, 5) is 12.4. The molecule has 3 atom stereocenters. The van der Waals surface area contributed by atoms with Crippen LogP contribution in [0, 0.1) is 5.92 Å². The molecule has 0 saturated carbocycles. The molecule has 0 N–H and O–H groups in total. The lowest BCUT2D eigenvalue weighted by Gasteiger charge is -2.51. The lowest BCUT2D eigenvalue weighted by Crippen LogP contribution is -2.61. The average Bonchev–Trinajstić information content (AvgIpc) is 2.75. The summed E-state index contributed by atoms with van der Waals surface area (Å²) in [6, 6.07) is 15.4. The number of esters is 1. The number of carbonyl (C=O) groups is 1. The number of carbonyl (C=O) groups excluding carboxylic acids is 1. The van der Waals surface area contributed by atoms with Crippen molar-refractivity contribution in [3.8, 4) is 0 Å². The van der Waals surface area contributed by atoms with E-state index in [1.807, 2.05) is 13.0 Å². The van der Waals surface area contributed by atoms with Crippen LogP contribution in [0.15, 0.2) is 60.2 Å². The Bertz CT molecular complexity index is 956. The Labute approximate surface area is 180 Å². The number of quaternary nitrogens is 1. The third-order valence-corrected chi connectivity index (χ3v) is 7.10. The molecule has 4 rings (SSSR count). The van der Waals surface area contributed by atoms with Gasteiger partial charge in [0, 0.05) is 18.4 Å². The summed E-state index contributed by atoms with van der Waals surface area (Å²) in [7, 11) is 2.40. The number of hydrogen-bond donors (Lipinski definition) is 0. The van der Waals surface area contributed by atoms with Gasteiger partial charge < -0.3 is 9.22 Å². The molecule has 3 heteroatoms. The topological polar surface area (TPSA) is 26.3 Å². The fourth-order valence-corrected chi connectivity index (χ4v) is 5.43. The van der Waals surface area contributed by atoms with Crippen LogP contribution in [-0.4, -0.2) is 43.2 Å². The van der Waals surface area contributed by atoms with Crippen molar-refractivity contribution in [1.82, 2.24) is 0 Å². The highest BCUT2D eigenvalue weighted by molar-refractivity contribution is 5.85. The second-order valence-corrected chi connectivity index (χ2v) is 9.35. The van der Waals surface area contributed by atoms with Crippen LogP contribution in [0.25, 0.3) is 16.8 Å². The van der Waals surface area contributed by atoms with Gasteiger partial charge in [0.05, 0.1) is 26.2 Å². The number of nitrogens with zero attached hydrogens (tertiary/aromatic N) is 1. The molecule has 30 heavy (non-hydrogen) atoms. The summed E-state index contributed by atoms with van der Waals surface area (Å²) in [6.45, 7) is 5.09. The van der Waals surface area contributed by atoms with Gasteiger partial charge in [0.15, 0.2) is 0 Å². The van der Waals surface area contributed by atoms with Crippen LogP contribution in [0.4, 0.5) is 0 Å². The molecule has 2 aliphatic rings. The van der Waals surface area contributed by atoms with E-state index < -0.39 is 0 Å². The van der Waals surface area contributed by atoms with Crippen LogP contribution >= 0.6 is 0 Å². The molecule has 0 radical (unpaired) electrons. The van der Waals surface area contributed by atoms with E-state index in [1.165, 1.54) is 60.4 Å². The molecule has 2 aromatic carbocycles. The zero-order chi connectivity index (χ0) is 21.0. The van der Waals surface area contributed by atoms with Gasteiger partial charge in [0.2, 0.25) is 0 Å². The summed E-state index contributed by atoms with van der Waals surface area (Å²) >= 11 is 0. The van der Waals surface area contributed by atoms with Gasteiger partial charge in [-0.1, -0.05) is 48.6 Å². The molecule has 2 aromatic rings. The Morgan fingerprint density at radius 2 is 1.87 bits per heavy atom. The van der Waals surface area contributed by atoms with E-state index in [4.69, 9.17) is 4.74 Å². The number of piperidine rings is 2. The molecule has 2 heterocycles. The van der Waals surface area contributed by atoms with Gasteiger partial charge >= 0.3 is 5.97 Å². The van der Waals surface area contributed by atoms with E-state index >= 15 is 0 Å². The van der Waals surface area contributed by atoms with Gasteiger partial charge in [-0.05, 0) is 60.6 Å². The molecule has 0 aliphatic carbocycles. The summed E-state index contributed by atoms with van der Waals surface area (Å²) in [6.07, 6.45) is 12.0. The maximum Gasteiger partial charge on any atom is 0.331 e. The number of rotatable bonds is 5. The highest BCUT2D eigenvalue weighted by atomic mass is 16.5. The molecule has 2 saturated heterocycles. The lowest BCUT2D eigenvalue weighted by atomic mass is 9.82. The van der Waals surface area contributed by atoms with Gasteiger partial charge in [0.1, 0.15) is 6.61 Å². The largest absolute Gasteiger partial charge is 0.462 e. The van der Waals surface area contributed by atoms with Crippen molar-refractivity contribution >= 4 is 22.8 Å². The predicted octanol–water partition coefficient (Wildman–Crippen LogP) is 5.75. The predicted molar refractivity (Wildman–Crippen MR) is 124 cm³/mol. The molecule has 0 aromatic heterocycles. The zero-order valence-corrected chi connectivity index (χ0v) is 18.3. The number of hydrogen-bond acceptors (Lipinski definition) is 2. The summed E-state index contributed by atoms with van der Waals surface area (Å²) in [5.74, 6) is 0.293. The van der Waals surface area contributed by atoms with E-state index in [-0.39, 0.29) is 5.97 Å². The smallest absolute Gasteiger partial charge is 0.331 e. The molecule has 0 amide bonds. The van der Waals surface area contributed by atoms with Crippen molar-refractivity contribution in [2.45, 2.75) is 45.1 Å². The monoisotopic (exact) mass is 404 g/mol. The standard InChI is InChI=1S/C27H34NO2/c1-21(12-13-22-14-15-23-8-3-4-9-24(23)19-22)18-27(29)30-20-25-10-7-17-28(2)16-6-5-11-26(25)28/h3-4,8-9,12-15,18-19,25-26H,5-7,10-11,16-17,20H2,1-2H3/q+1/b13-12+,21-18?/t25-,26+,28?/m1/s1. The Morgan fingerprint density at radius 1 is 1.07 bits per heavy atom. The minimum Gasteiger partial charge on any atom is -0.462 e. The van der Waals surface area contributed by atoms with Crippen molar-refractivity contribution in [1.29, 1.82) is 0 Å². The fraction of sp³-hybridized carbons (Fsp3) is 0.444. The maximum absolute atomic E-state index is 12.4. The third-order valence-electron chi connectivity index (χ3n) is 7.10. The zero-order valence-electron chi connectivity index (χ0n) is 18.3. The number of allylic oxidation sites excluding steroid dienone is 2. The van der Waals surface area contributed by atoms with E-state index in [0.717, 1.165) is 11.1 Å². The minimum absolute atomic E-state index is 0.216. The van der Waals surface area contributed by atoms with Gasteiger partial charge in [-0.15, -0.1) is 0 Å². The van der Waals surface area contributed by atoms with E-state index in [1.54, 1.807) is 6.08 Å². The van der Waals surface area contributed by atoms with Crippen LogP contribution in [0.3, 0.4) is 0 Å². The second-order valence-electron chi connectivity index (χ2n) is 9.35. The van der Waals surface area contributed by atoms with Crippen molar-refractivity contribution in [3.05, 3.63) is 65.8 Å². The second kappa shape index (κ2) is 9.18. The summed E-state index contributed by atoms with van der Waals surface area (Å²) in [5, 5.41) is 2.46. The molecule has 3 nitrogen and oxygen atoms in total. The first-order valence-corrected chi connectivity index (χ1v) is 11.4. The first kappa shape index (κ1) is 20.9. The maximum atomic E-state index is 12.4. The Kier molecular flexibility index (Phi) is 6.38. The van der Waals surface area contributed by atoms with Crippen molar-refractivity contribution in [3.63, 3.8) is 0 Å². The van der Waals surface area contributed by atoms with Crippen LogP contribution < -0.4 is 0 Å². The van der Waals surface area contributed by atoms with Gasteiger partial charge in [-0.3, -0.25) is 0 Å². The van der Waals surface area contributed by atoms with Crippen molar-refractivity contribution < 1.29 is 14.0 Å². The van der Waals surface area contributed by atoms with Crippen LogP contribution in [0.1, 0.15) is 44.6 Å². The summed E-state index contributed by atoms with van der Waals surface area (Å²) < 4.78 is 6.88. The normalized spacial score (nSPS) is 27.2. The number of ether oxygens (including phenoxy) is 1. The Balaban J connectivity index is 1.33. The first-order chi connectivity index (χ1) is 14.5. The quantitative estimate of drug-likeness (QED) is 0.274. The van der Waals surface area contributed by atoms with Gasteiger partial charge in [-0.2, -0.15) is 0 Å². The molecule has 1 unspecified atom stereocenters. The Morgan fingerprint density at radius 3 is 2.73 bits per heavy atom. The van der Waals surface area contributed by atoms with Crippen molar-refractivity contribution in [2.75, 3.05) is 26.7 Å². The van der Waals surface area contributed by atoms with Crippen LogP contribution in [0.2, 0.25) is 0 Å². The fourth-order valence-electron chi connectivity index (χ4n) is 5.43. The molecule has 0 bridgehead atoms. The van der Waals surface area contributed by atoms with Gasteiger partial charge in [0.25, 0.3) is 0 Å². The number of fused-ring (bicyclic) bond motifs is 2. The highest BCUT2D eigenvalue weighted by Crippen LogP contribution is 2.36. The van der Waals surface area contributed by atoms with E-state index in [2.05, 4.69) is 55.6 Å². The molecular weight excluding hydrogens is 370 g/mol. The van der Waals surface area contributed by atoms with Crippen molar-refractivity contribution in [2.24, 2.45) is 5.92 Å². The molecular formula is C27H34NO2+. The first-order valence-electron chi connectivity index (χ1n) is 11.4. The van der Waals surface area contributed by atoms with Crippen LogP contribution in [-0.2, 0) is 9.53 Å². The molecule has 0 spiro atoms. The highest BCUT2D eigenvalue weighted by Gasteiger charge is 2.43. The van der Waals surface area contributed by atoms with E-state index in [0.29, 0.717) is 18.6 Å². The molecule has 2 fully saturated rings. The minimum atomic E-state index is -0.216. The SMILES string of the molecule is CC(=CC(=O)OC[C@H]1CCC[N+]2(C)CCCC[C@@H]12)/C=C/c1ccc2ccccc2c1. The van der Waals surface area contributed by atoms with Gasteiger partial charge in [-0.25, -0.2) is 4.79 Å². The van der Waals surface area contributed by atoms with Crippen LogP contribution in [0.5, 0.6) is 0 Å². The number of benzene rings is 2. The third kappa shape index (κ3) is 4.84. The lowest BCUT2D eigenvalue weighted by molar-refractivity contribution is -0.947. The Hall–Kier alpha value is -2.39. The van der Waals surface area contributed by atoms with E-state index in [9.17, 15) is 4.79 Å². The molecule has 158 valence electrons. The summed E-state index contributed by atoms with van der Waals surface area (Å²) in [5.41, 5.74) is 2.04. The average molecular weight is 405 g/mol. The molecule has 2 aliphatic heterocycles.